The number of aromatic nitrogens is 2. The van der Waals surface area contributed by atoms with Crippen molar-refractivity contribution < 1.29 is 0 Å². The molecule has 1 aliphatic heterocycles. The van der Waals surface area contributed by atoms with Crippen LogP contribution in [0.15, 0.2) is 17.8 Å². The maximum Gasteiger partial charge on any atom is 0.141 e. The molecule has 0 saturated carbocycles. The first-order valence-corrected chi connectivity index (χ1v) is 8.32. The molecule has 3 heterocycles. The Balaban J connectivity index is 1.87. The summed E-state index contributed by atoms with van der Waals surface area (Å²) in [5, 5.41) is 6.88. The molecule has 0 aliphatic carbocycles. The van der Waals surface area contributed by atoms with Gasteiger partial charge in [-0.2, -0.15) is 0 Å². The Morgan fingerprint density at radius 3 is 3.15 bits per heavy atom. The second kappa shape index (κ2) is 6.06. The number of nitrogens with zero attached hydrogens (tertiary/aromatic N) is 3. The van der Waals surface area contributed by atoms with Crippen LogP contribution in [0.4, 0.5) is 5.82 Å². The molecule has 1 N–H and O–H groups in total. The highest BCUT2D eigenvalue weighted by Gasteiger charge is 2.25. The van der Waals surface area contributed by atoms with Crippen molar-refractivity contribution in [3.63, 3.8) is 0 Å². The zero-order valence-electron chi connectivity index (χ0n) is 12.2. The predicted octanol–water partition coefficient (Wildman–Crippen LogP) is 3.05. The van der Waals surface area contributed by atoms with Crippen LogP contribution in [0.2, 0.25) is 0 Å². The van der Waals surface area contributed by atoms with Crippen LogP contribution in [0.25, 0.3) is 10.2 Å². The van der Waals surface area contributed by atoms with Crippen LogP contribution < -0.4 is 10.2 Å². The second-order valence-corrected chi connectivity index (χ2v) is 6.64. The highest BCUT2D eigenvalue weighted by molar-refractivity contribution is 7.16. The largest absolute Gasteiger partial charge is 0.352 e. The Labute approximate surface area is 124 Å². The Morgan fingerprint density at radius 2 is 2.30 bits per heavy atom. The van der Waals surface area contributed by atoms with Crippen LogP contribution >= 0.6 is 11.3 Å². The smallest absolute Gasteiger partial charge is 0.141 e. The minimum Gasteiger partial charge on any atom is -0.352 e. The van der Waals surface area contributed by atoms with Crippen molar-refractivity contribution in [3.05, 3.63) is 17.8 Å². The number of rotatable bonds is 4. The topological polar surface area (TPSA) is 41.0 Å². The van der Waals surface area contributed by atoms with E-state index in [9.17, 15) is 0 Å². The van der Waals surface area contributed by atoms with E-state index in [1.807, 2.05) is 0 Å². The van der Waals surface area contributed by atoms with Gasteiger partial charge in [-0.05, 0) is 30.7 Å². The summed E-state index contributed by atoms with van der Waals surface area (Å²) in [7, 11) is 0. The third-order valence-electron chi connectivity index (χ3n) is 3.90. The quantitative estimate of drug-likeness (QED) is 0.939. The molecule has 2 aromatic heterocycles. The van der Waals surface area contributed by atoms with Gasteiger partial charge >= 0.3 is 0 Å². The zero-order valence-corrected chi connectivity index (χ0v) is 13.0. The molecular formula is C15H22N4S. The number of hydrogen-bond acceptors (Lipinski definition) is 5. The van der Waals surface area contributed by atoms with Crippen LogP contribution in [0.5, 0.6) is 0 Å². The van der Waals surface area contributed by atoms with Gasteiger partial charge in [-0.1, -0.05) is 13.8 Å². The van der Waals surface area contributed by atoms with E-state index in [-0.39, 0.29) is 0 Å². The molecule has 20 heavy (non-hydrogen) atoms. The Hall–Kier alpha value is -1.20. The first-order chi connectivity index (χ1) is 9.75. The number of anilines is 1. The van der Waals surface area contributed by atoms with E-state index in [1.54, 1.807) is 17.7 Å². The summed E-state index contributed by atoms with van der Waals surface area (Å²) in [6.45, 7) is 6.55. The van der Waals surface area contributed by atoms with Crippen molar-refractivity contribution in [1.82, 2.24) is 15.3 Å². The van der Waals surface area contributed by atoms with Crippen LogP contribution in [-0.4, -0.2) is 35.1 Å². The summed E-state index contributed by atoms with van der Waals surface area (Å²) in [6, 6.07) is 3.23. The summed E-state index contributed by atoms with van der Waals surface area (Å²) in [5.41, 5.74) is 0. The van der Waals surface area contributed by atoms with E-state index in [0.29, 0.717) is 12.1 Å². The highest BCUT2D eigenvalue weighted by atomic mass is 32.1. The molecule has 0 aromatic carbocycles. The van der Waals surface area contributed by atoms with Crippen LogP contribution in [0.1, 0.15) is 33.1 Å². The van der Waals surface area contributed by atoms with E-state index in [4.69, 9.17) is 0 Å². The average Bonchev–Trinajstić information content (AvgIpc) is 2.93. The molecule has 108 valence electrons. The Morgan fingerprint density at radius 1 is 1.40 bits per heavy atom. The first kappa shape index (κ1) is 13.8. The van der Waals surface area contributed by atoms with Crippen molar-refractivity contribution in [2.75, 3.05) is 18.0 Å². The van der Waals surface area contributed by atoms with E-state index < -0.39 is 0 Å². The van der Waals surface area contributed by atoms with E-state index >= 15 is 0 Å². The fourth-order valence-corrected chi connectivity index (χ4v) is 3.60. The average molecular weight is 290 g/mol. The molecule has 2 aromatic rings. The number of nitrogens with one attached hydrogen (secondary N) is 1. The minimum atomic E-state index is 0.533. The van der Waals surface area contributed by atoms with Crippen molar-refractivity contribution in [3.8, 4) is 0 Å². The molecule has 1 unspecified atom stereocenters. The molecule has 1 aliphatic rings. The monoisotopic (exact) mass is 290 g/mol. The fourth-order valence-electron chi connectivity index (χ4n) is 2.87. The van der Waals surface area contributed by atoms with Gasteiger partial charge in [0.2, 0.25) is 0 Å². The Bertz CT molecular complexity index is 566. The third-order valence-corrected chi connectivity index (χ3v) is 4.72. The minimum absolute atomic E-state index is 0.533. The lowest BCUT2D eigenvalue weighted by molar-refractivity contribution is 0.419. The summed E-state index contributed by atoms with van der Waals surface area (Å²) in [5.74, 6) is 1.12. The molecule has 0 spiro atoms. The molecule has 0 bridgehead atoms. The lowest BCUT2D eigenvalue weighted by atomic mass is 10.0. The summed E-state index contributed by atoms with van der Waals surface area (Å²) in [6.07, 6.45) is 5.53. The van der Waals surface area contributed by atoms with Gasteiger partial charge in [-0.3, -0.25) is 0 Å². The molecule has 1 atom stereocenters. The first-order valence-electron chi connectivity index (χ1n) is 7.44. The summed E-state index contributed by atoms with van der Waals surface area (Å²) >= 11 is 1.69. The molecular weight excluding hydrogens is 268 g/mol. The molecule has 0 amide bonds. The molecule has 1 fully saturated rings. The number of piperidine rings is 1. The van der Waals surface area contributed by atoms with Gasteiger partial charge in [-0.15, -0.1) is 11.3 Å². The maximum absolute atomic E-state index is 4.57. The highest BCUT2D eigenvalue weighted by Crippen LogP contribution is 2.30. The van der Waals surface area contributed by atoms with Gasteiger partial charge in [0.1, 0.15) is 17.0 Å². The fraction of sp³-hybridized carbons (Fsp3) is 0.600. The summed E-state index contributed by atoms with van der Waals surface area (Å²) in [4.78, 5) is 12.5. The van der Waals surface area contributed by atoms with Gasteiger partial charge in [0, 0.05) is 25.2 Å². The maximum atomic E-state index is 4.57. The third kappa shape index (κ3) is 2.79. The normalized spacial score (nSPS) is 19.9. The number of fused-ring (bicyclic) bond motifs is 1. The summed E-state index contributed by atoms with van der Waals surface area (Å²) < 4.78 is 0. The van der Waals surface area contributed by atoms with Crippen molar-refractivity contribution in [2.24, 2.45) is 0 Å². The SMILES string of the molecule is CC(C)NCC1CCCCN1c1ncnc2sccc12. The lowest BCUT2D eigenvalue weighted by Gasteiger charge is -2.37. The second-order valence-electron chi connectivity index (χ2n) is 5.74. The molecule has 5 heteroatoms. The van der Waals surface area contributed by atoms with E-state index in [2.05, 4.69) is 45.5 Å². The van der Waals surface area contributed by atoms with E-state index in [1.165, 1.54) is 24.6 Å². The zero-order chi connectivity index (χ0) is 13.9. The molecule has 1 saturated heterocycles. The van der Waals surface area contributed by atoms with Gasteiger partial charge in [0.25, 0.3) is 0 Å². The molecule has 3 rings (SSSR count). The van der Waals surface area contributed by atoms with Crippen LogP contribution in [0, 0.1) is 0 Å². The van der Waals surface area contributed by atoms with E-state index in [0.717, 1.165) is 23.7 Å². The lowest BCUT2D eigenvalue weighted by Crippen LogP contribution is -2.47. The number of hydrogen-bond donors (Lipinski definition) is 1. The van der Waals surface area contributed by atoms with Gasteiger partial charge in [0.15, 0.2) is 0 Å². The van der Waals surface area contributed by atoms with Crippen molar-refractivity contribution >= 4 is 27.4 Å². The molecule has 0 radical (unpaired) electrons. The van der Waals surface area contributed by atoms with Crippen molar-refractivity contribution in [2.45, 2.75) is 45.2 Å². The van der Waals surface area contributed by atoms with Crippen molar-refractivity contribution in [1.29, 1.82) is 0 Å². The van der Waals surface area contributed by atoms with Gasteiger partial charge in [0.05, 0.1) is 5.39 Å². The van der Waals surface area contributed by atoms with Gasteiger partial charge < -0.3 is 10.2 Å². The standard InChI is InChI=1S/C15H22N4S/c1-11(2)16-9-12-5-3-4-7-19(12)14-13-6-8-20-15(13)18-10-17-14/h6,8,10-12,16H,3-5,7,9H2,1-2H3. The predicted molar refractivity (Wildman–Crippen MR) is 85.5 cm³/mol. The van der Waals surface area contributed by atoms with Crippen LogP contribution in [0.3, 0.4) is 0 Å². The van der Waals surface area contributed by atoms with Crippen LogP contribution in [-0.2, 0) is 0 Å². The van der Waals surface area contributed by atoms with Gasteiger partial charge in [-0.25, -0.2) is 9.97 Å². The Kier molecular flexibility index (Phi) is 4.17. The number of thiophene rings is 1. The molecule has 4 nitrogen and oxygen atoms in total.